The number of nitrogens with two attached hydrogens (primary N) is 1. The molecule has 1 amide bonds. The molecule has 0 radical (unpaired) electrons. The summed E-state index contributed by atoms with van der Waals surface area (Å²) in [5, 5.41) is 10.0. The van der Waals surface area contributed by atoms with Gasteiger partial charge in [0.25, 0.3) is 0 Å². The van der Waals surface area contributed by atoms with Crippen molar-refractivity contribution in [3.05, 3.63) is 35.9 Å². The van der Waals surface area contributed by atoms with Crippen LogP contribution in [0.15, 0.2) is 30.3 Å². The minimum Gasteiger partial charge on any atom is -0.399 e. The fraction of sp³-hybridized carbons (Fsp3) is 0.400. The van der Waals surface area contributed by atoms with Gasteiger partial charge >= 0.3 is 0 Å². The van der Waals surface area contributed by atoms with Crippen LogP contribution in [-0.4, -0.2) is 34.6 Å². The predicted molar refractivity (Wildman–Crippen MR) is 76.3 cm³/mol. The van der Waals surface area contributed by atoms with Crippen molar-refractivity contribution < 1.29 is 9.90 Å². The summed E-state index contributed by atoms with van der Waals surface area (Å²) >= 11 is 0. The summed E-state index contributed by atoms with van der Waals surface area (Å²) in [6.45, 7) is 2.90. The Morgan fingerprint density at radius 2 is 2.05 bits per heavy atom. The number of hydrogen-bond acceptors (Lipinski definition) is 3. The van der Waals surface area contributed by atoms with Crippen LogP contribution in [0.1, 0.15) is 25.3 Å². The number of amides is 1. The molecule has 2 rings (SSSR count). The van der Waals surface area contributed by atoms with Gasteiger partial charge in [-0.25, -0.2) is 0 Å². The average molecular weight is 260 g/mol. The van der Waals surface area contributed by atoms with Crippen molar-refractivity contribution in [1.82, 2.24) is 4.90 Å². The first-order valence-corrected chi connectivity index (χ1v) is 6.57. The lowest BCUT2D eigenvalue weighted by atomic mass is 9.89. The van der Waals surface area contributed by atoms with Crippen LogP contribution in [0.5, 0.6) is 0 Å². The Balaban J connectivity index is 1.87. The van der Waals surface area contributed by atoms with Gasteiger partial charge in [0.15, 0.2) is 0 Å². The number of carbonyl (C=O) groups is 1. The lowest BCUT2D eigenvalue weighted by Gasteiger charge is -2.46. The molecule has 0 saturated carbocycles. The molecule has 1 aliphatic rings. The normalized spacial score (nSPS) is 17.5. The number of rotatable bonds is 4. The van der Waals surface area contributed by atoms with Gasteiger partial charge in [-0.15, -0.1) is 0 Å². The van der Waals surface area contributed by atoms with Crippen LogP contribution in [0.3, 0.4) is 0 Å². The van der Waals surface area contributed by atoms with Crippen molar-refractivity contribution in [2.24, 2.45) is 0 Å². The van der Waals surface area contributed by atoms with Crippen LogP contribution < -0.4 is 5.73 Å². The summed E-state index contributed by atoms with van der Waals surface area (Å²) in [5.41, 5.74) is 6.57. The van der Waals surface area contributed by atoms with Gasteiger partial charge in [-0.1, -0.05) is 25.5 Å². The van der Waals surface area contributed by atoms with Crippen molar-refractivity contribution in [3.63, 3.8) is 0 Å². The third kappa shape index (κ3) is 3.35. The van der Waals surface area contributed by atoms with Gasteiger partial charge in [-0.2, -0.15) is 0 Å². The number of anilines is 1. The van der Waals surface area contributed by atoms with Crippen molar-refractivity contribution in [2.75, 3.05) is 18.8 Å². The number of aliphatic hydroxyl groups is 1. The second-order valence-corrected chi connectivity index (χ2v) is 5.17. The summed E-state index contributed by atoms with van der Waals surface area (Å²) in [4.78, 5) is 13.5. The van der Waals surface area contributed by atoms with E-state index in [9.17, 15) is 9.90 Å². The smallest absolute Gasteiger partial charge is 0.246 e. The molecular weight excluding hydrogens is 240 g/mol. The summed E-state index contributed by atoms with van der Waals surface area (Å²) in [5.74, 6) is -0.0578. The summed E-state index contributed by atoms with van der Waals surface area (Å²) < 4.78 is 0. The molecule has 102 valence electrons. The molecule has 1 heterocycles. The molecule has 4 heteroatoms. The average Bonchev–Trinajstić information content (AvgIpc) is 2.35. The first-order chi connectivity index (χ1) is 9.02. The number of β-amino-alcohol motifs (C(OH)–C–C–N with tert-alkyl or cyclic N) is 1. The molecule has 3 N–H and O–H groups in total. The second kappa shape index (κ2) is 5.45. The van der Waals surface area contributed by atoms with Gasteiger partial charge in [0, 0.05) is 11.8 Å². The largest absolute Gasteiger partial charge is 0.399 e. The molecular formula is C15H20N2O2. The molecule has 1 saturated heterocycles. The van der Waals surface area contributed by atoms with E-state index < -0.39 is 5.60 Å². The maximum Gasteiger partial charge on any atom is 0.246 e. The molecule has 1 fully saturated rings. The Hall–Kier alpha value is -1.81. The van der Waals surface area contributed by atoms with E-state index in [1.807, 2.05) is 19.1 Å². The van der Waals surface area contributed by atoms with Crippen LogP contribution in [0, 0.1) is 0 Å². The summed E-state index contributed by atoms with van der Waals surface area (Å²) in [7, 11) is 0. The number of hydrogen-bond donors (Lipinski definition) is 2. The quantitative estimate of drug-likeness (QED) is 0.639. The maximum atomic E-state index is 11.9. The van der Waals surface area contributed by atoms with Crippen molar-refractivity contribution in [3.8, 4) is 0 Å². The molecule has 0 bridgehead atoms. The zero-order valence-corrected chi connectivity index (χ0v) is 11.2. The minimum atomic E-state index is -0.667. The van der Waals surface area contributed by atoms with Gasteiger partial charge < -0.3 is 15.7 Å². The minimum absolute atomic E-state index is 0.0578. The van der Waals surface area contributed by atoms with E-state index in [-0.39, 0.29) is 5.91 Å². The Bertz CT molecular complexity index is 473. The highest BCUT2D eigenvalue weighted by molar-refractivity contribution is 5.92. The van der Waals surface area contributed by atoms with Crippen LogP contribution in [0.4, 0.5) is 5.69 Å². The molecule has 1 aliphatic heterocycles. The second-order valence-electron chi connectivity index (χ2n) is 5.17. The number of likely N-dealkylation sites (tertiary alicyclic amines) is 1. The summed E-state index contributed by atoms with van der Waals surface area (Å²) in [6.07, 6.45) is 4.98. The number of benzene rings is 1. The van der Waals surface area contributed by atoms with E-state index in [1.54, 1.807) is 23.1 Å². The lowest BCUT2D eigenvalue weighted by Crippen LogP contribution is -2.63. The highest BCUT2D eigenvalue weighted by atomic mass is 16.3. The van der Waals surface area contributed by atoms with Gasteiger partial charge in [-0.3, -0.25) is 4.79 Å². The molecule has 0 spiro atoms. The summed E-state index contributed by atoms with van der Waals surface area (Å²) in [6, 6.07) is 7.33. The van der Waals surface area contributed by atoms with Crippen molar-refractivity contribution >= 4 is 17.7 Å². The molecule has 0 unspecified atom stereocenters. The molecule has 19 heavy (non-hydrogen) atoms. The fourth-order valence-corrected chi connectivity index (χ4v) is 2.32. The first kappa shape index (κ1) is 13.6. The molecule has 1 aromatic carbocycles. The fourth-order valence-electron chi connectivity index (χ4n) is 2.32. The van der Waals surface area contributed by atoms with E-state index in [2.05, 4.69) is 0 Å². The predicted octanol–water partition coefficient (Wildman–Crippen LogP) is 1.66. The Labute approximate surface area is 113 Å². The number of nitrogens with zero attached hydrogens (tertiary/aromatic N) is 1. The van der Waals surface area contributed by atoms with Crippen LogP contribution in [0.2, 0.25) is 0 Å². The van der Waals surface area contributed by atoms with Crippen molar-refractivity contribution in [2.45, 2.75) is 25.4 Å². The van der Waals surface area contributed by atoms with Gasteiger partial charge in [0.05, 0.1) is 18.7 Å². The van der Waals surface area contributed by atoms with Gasteiger partial charge in [-0.05, 0) is 30.2 Å². The van der Waals surface area contributed by atoms with Gasteiger partial charge in [0.1, 0.15) is 0 Å². The van der Waals surface area contributed by atoms with E-state index in [1.165, 1.54) is 6.08 Å². The van der Waals surface area contributed by atoms with E-state index in [0.717, 1.165) is 18.4 Å². The molecule has 0 aliphatic carbocycles. The molecule has 0 atom stereocenters. The van der Waals surface area contributed by atoms with E-state index in [0.29, 0.717) is 18.8 Å². The molecule has 4 nitrogen and oxygen atoms in total. The Morgan fingerprint density at radius 3 is 2.63 bits per heavy atom. The van der Waals surface area contributed by atoms with E-state index in [4.69, 9.17) is 5.73 Å². The number of nitrogen functional groups attached to an aromatic ring is 1. The molecule has 0 aromatic heterocycles. The zero-order chi connectivity index (χ0) is 13.9. The maximum absolute atomic E-state index is 11.9. The van der Waals surface area contributed by atoms with Crippen LogP contribution in [-0.2, 0) is 4.79 Å². The third-order valence-electron chi connectivity index (χ3n) is 3.35. The Kier molecular flexibility index (Phi) is 3.90. The van der Waals surface area contributed by atoms with Crippen LogP contribution in [0.25, 0.3) is 6.08 Å². The standard InChI is InChI=1S/C15H20N2O2/c1-2-9-15(19)10-17(11-15)14(18)8-5-12-3-6-13(16)7-4-12/h3-8,19H,2,9-11,16H2,1H3/b8-5+. The highest BCUT2D eigenvalue weighted by Gasteiger charge is 2.41. The lowest BCUT2D eigenvalue weighted by molar-refractivity contribution is -0.151. The highest BCUT2D eigenvalue weighted by Crippen LogP contribution is 2.25. The monoisotopic (exact) mass is 260 g/mol. The van der Waals surface area contributed by atoms with Gasteiger partial charge in [0.2, 0.25) is 5.91 Å². The van der Waals surface area contributed by atoms with Crippen LogP contribution >= 0.6 is 0 Å². The topological polar surface area (TPSA) is 66.6 Å². The zero-order valence-electron chi connectivity index (χ0n) is 11.2. The third-order valence-corrected chi connectivity index (χ3v) is 3.35. The van der Waals surface area contributed by atoms with Crippen molar-refractivity contribution in [1.29, 1.82) is 0 Å². The first-order valence-electron chi connectivity index (χ1n) is 6.57. The molecule has 1 aromatic rings. The SMILES string of the molecule is CCCC1(O)CN(C(=O)/C=C/c2ccc(N)cc2)C1. The number of carbonyl (C=O) groups excluding carboxylic acids is 1. The Morgan fingerprint density at radius 1 is 1.42 bits per heavy atom. The van der Waals surface area contributed by atoms with E-state index >= 15 is 0 Å².